The van der Waals surface area contributed by atoms with Crippen LogP contribution in [0.25, 0.3) is 0 Å². The molecule has 6 heteroatoms. The maximum atomic E-state index is 13.2. The third kappa shape index (κ3) is 5.47. The summed E-state index contributed by atoms with van der Waals surface area (Å²) in [6.45, 7) is 3.09. The number of nitrogens with zero attached hydrogens (tertiary/aromatic N) is 1. The van der Waals surface area contributed by atoms with Gasteiger partial charge in [0.05, 0.1) is 10.6 Å². The molecular formula is C21H24ClF3N2. The van der Waals surface area contributed by atoms with Gasteiger partial charge < -0.3 is 5.32 Å². The lowest BCUT2D eigenvalue weighted by atomic mass is 10.0. The summed E-state index contributed by atoms with van der Waals surface area (Å²) in [4.78, 5) is 2.29. The average molecular weight is 397 g/mol. The van der Waals surface area contributed by atoms with Crippen molar-refractivity contribution in [2.45, 2.75) is 38.0 Å². The molecule has 27 heavy (non-hydrogen) atoms. The highest BCUT2D eigenvalue weighted by Gasteiger charge is 2.34. The standard InChI is InChI=1S/C21H24ClF3N2/c22-20-17(7-4-8-19(20)21(23,24)25)15-27(18-9-12-26-13-10-18)14-11-16-5-2-1-3-6-16/h1-8,18,26H,9-15H2. The molecule has 2 nitrogen and oxygen atoms in total. The van der Waals surface area contributed by atoms with Crippen LogP contribution in [0.15, 0.2) is 48.5 Å². The van der Waals surface area contributed by atoms with Crippen LogP contribution in [0.3, 0.4) is 0 Å². The molecule has 1 fully saturated rings. The van der Waals surface area contributed by atoms with Gasteiger partial charge >= 0.3 is 6.18 Å². The van der Waals surface area contributed by atoms with Crippen LogP contribution >= 0.6 is 11.6 Å². The van der Waals surface area contributed by atoms with Gasteiger partial charge in [0.25, 0.3) is 0 Å². The zero-order valence-electron chi connectivity index (χ0n) is 15.1. The molecule has 0 radical (unpaired) electrons. The molecule has 0 unspecified atom stereocenters. The summed E-state index contributed by atoms with van der Waals surface area (Å²) < 4.78 is 39.6. The lowest BCUT2D eigenvalue weighted by Gasteiger charge is -2.35. The first-order chi connectivity index (χ1) is 12.9. The van der Waals surface area contributed by atoms with Crippen LogP contribution in [0.4, 0.5) is 13.2 Å². The highest BCUT2D eigenvalue weighted by Crippen LogP contribution is 2.36. The van der Waals surface area contributed by atoms with Crippen LogP contribution in [0.5, 0.6) is 0 Å². The first-order valence-electron chi connectivity index (χ1n) is 9.28. The molecule has 1 saturated heterocycles. The van der Waals surface area contributed by atoms with E-state index >= 15 is 0 Å². The van der Waals surface area contributed by atoms with Crippen molar-refractivity contribution in [1.29, 1.82) is 0 Å². The molecule has 0 saturated carbocycles. The molecule has 3 rings (SSSR count). The van der Waals surface area contributed by atoms with Gasteiger partial charge in [0.1, 0.15) is 0 Å². The van der Waals surface area contributed by atoms with E-state index in [2.05, 4.69) is 22.3 Å². The SMILES string of the molecule is FC(F)(F)c1cccc(CN(CCc2ccccc2)C2CCNCC2)c1Cl. The number of alkyl halides is 3. The van der Waals surface area contributed by atoms with E-state index in [1.807, 2.05) is 18.2 Å². The van der Waals surface area contributed by atoms with Crippen molar-refractivity contribution < 1.29 is 13.2 Å². The number of nitrogens with one attached hydrogen (secondary N) is 1. The van der Waals surface area contributed by atoms with Crippen LogP contribution in [-0.4, -0.2) is 30.6 Å². The normalized spacial score (nSPS) is 16.0. The van der Waals surface area contributed by atoms with Crippen molar-refractivity contribution in [3.05, 3.63) is 70.2 Å². The molecule has 0 amide bonds. The summed E-state index contributed by atoms with van der Waals surface area (Å²) >= 11 is 6.13. The van der Waals surface area contributed by atoms with E-state index in [1.54, 1.807) is 6.07 Å². The van der Waals surface area contributed by atoms with Crippen LogP contribution in [-0.2, 0) is 19.1 Å². The second-order valence-corrected chi connectivity index (χ2v) is 7.34. The first kappa shape index (κ1) is 20.2. The van der Waals surface area contributed by atoms with Crippen LogP contribution in [0.2, 0.25) is 5.02 Å². The summed E-state index contributed by atoms with van der Waals surface area (Å²) in [5, 5.41) is 3.17. The maximum Gasteiger partial charge on any atom is 0.417 e. The van der Waals surface area contributed by atoms with Crippen LogP contribution in [0, 0.1) is 0 Å². The molecule has 1 N–H and O–H groups in total. The average Bonchev–Trinajstić information content (AvgIpc) is 2.67. The monoisotopic (exact) mass is 396 g/mol. The molecular weight excluding hydrogens is 373 g/mol. The largest absolute Gasteiger partial charge is 0.417 e. The topological polar surface area (TPSA) is 15.3 Å². The summed E-state index contributed by atoms with van der Waals surface area (Å²) in [7, 11) is 0. The summed E-state index contributed by atoms with van der Waals surface area (Å²) in [5.74, 6) is 0. The number of benzene rings is 2. The number of rotatable bonds is 6. The smallest absolute Gasteiger partial charge is 0.317 e. The Bertz CT molecular complexity index is 728. The summed E-state index contributed by atoms with van der Waals surface area (Å²) in [5.41, 5.74) is 1.01. The molecule has 146 valence electrons. The van der Waals surface area contributed by atoms with E-state index in [0.717, 1.165) is 45.0 Å². The zero-order valence-corrected chi connectivity index (χ0v) is 15.9. The van der Waals surface area contributed by atoms with Crippen molar-refractivity contribution >= 4 is 11.6 Å². The minimum atomic E-state index is -4.43. The van der Waals surface area contributed by atoms with E-state index in [1.165, 1.54) is 11.6 Å². The van der Waals surface area contributed by atoms with Gasteiger partial charge in [-0.1, -0.05) is 54.1 Å². The molecule has 0 atom stereocenters. The quantitative estimate of drug-likeness (QED) is 0.725. The van der Waals surface area contributed by atoms with Gasteiger partial charge in [-0.15, -0.1) is 0 Å². The molecule has 0 aliphatic carbocycles. The number of hydrogen-bond donors (Lipinski definition) is 1. The van der Waals surface area contributed by atoms with Crippen LogP contribution in [0.1, 0.15) is 29.5 Å². The number of hydrogen-bond acceptors (Lipinski definition) is 2. The van der Waals surface area contributed by atoms with Crippen molar-refractivity contribution in [3.63, 3.8) is 0 Å². The van der Waals surface area contributed by atoms with E-state index in [9.17, 15) is 13.2 Å². The Morgan fingerprint density at radius 2 is 1.70 bits per heavy atom. The lowest BCUT2D eigenvalue weighted by molar-refractivity contribution is -0.137. The summed E-state index contributed by atoms with van der Waals surface area (Å²) in [6, 6.07) is 14.7. The Kier molecular flexibility index (Phi) is 6.79. The second-order valence-electron chi connectivity index (χ2n) is 6.96. The van der Waals surface area contributed by atoms with Crippen molar-refractivity contribution in [1.82, 2.24) is 10.2 Å². The van der Waals surface area contributed by atoms with Gasteiger partial charge in [0.15, 0.2) is 0 Å². The Morgan fingerprint density at radius 1 is 1.00 bits per heavy atom. The fraction of sp³-hybridized carbons (Fsp3) is 0.429. The second kappa shape index (κ2) is 9.09. The molecule has 0 bridgehead atoms. The van der Waals surface area contributed by atoms with E-state index in [-0.39, 0.29) is 5.02 Å². The van der Waals surface area contributed by atoms with Gasteiger partial charge in [0, 0.05) is 19.1 Å². The minimum Gasteiger partial charge on any atom is -0.317 e. The number of halogens is 4. The van der Waals surface area contributed by atoms with Crippen LogP contribution < -0.4 is 5.32 Å². The minimum absolute atomic E-state index is 0.177. The van der Waals surface area contributed by atoms with E-state index < -0.39 is 11.7 Å². The maximum absolute atomic E-state index is 13.2. The van der Waals surface area contributed by atoms with Gasteiger partial charge in [-0.25, -0.2) is 0 Å². The molecule has 1 aliphatic rings. The fourth-order valence-electron chi connectivity index (χ4n) is 3.62. The highest BCUT2D eigenvalue weighted by atomic mass is 35.5. The van der Waals surface area contributed by atoms with E-state index in [4.69, 9.17) is 11.6 Å². The van der Waals surface area contributed by atoms with Gasteiger partial charge in [-0.3, -0.25) is 4.90 Å². The molecule has 2 aromatic rings. The molecule has 2 aromatic carbocycles. The highest BCUT2D eigenvalue weighted by molar-refractivity contribution is 6.32. The predicted octanol–water partition coefficient (Wildman–Crippen LogP) is 5.16. The summed E-state index contributed by atoms with van der Waals surface area (Å²) in [6.07, 6.45) is -1.59. The zero-order chi connectivity index (χ0) is 19.3. The van der Waals surface area contributed by atoms with Gasteiger partial charge in [-0.05, 0) is 49.5 Å². The number of piperidine rings is 1. The van der Waals surface area contributed by atoms with Crippen molar-refractivity contribution in [2.24, 2.45) is 0 Å². The Labute approximate surface area is 163 Å². The molecule has 0 spiro atoms. The predicted molar refractivity (Wildman–Crippen MR) is 103 cm³/mol. The Balaban J connectivity index is 1.78. The first-order valence-corrected chi connectivity index (χ1v) is 9.66. The molecule has 1 aliphatic heterocycles. The lowest BCUT2D eigenvalue weighted by Crippen LogP contribution is -2.43. The van der Waals surface area contributed by atoms with Crippen molar-refractivity contribution in [3.8, 4) is 0 Å². The molecule has 1 heterocycles. The van der Waals surface area contributed by atoms with Crippen molar-refractivity contribution in [2.75, 3.05) is 19.6 Å². The Morgan fingerprint density at radius 3 is 2.37 bits per heavy atom. The molecule has 0 aromatic heterocycles. The Hall–Kier alpha value is -1.56. The third-order valence-corrected chi connectivity index (χ3v) is 5.56. The fourth-order valence-corrected chi connectivity index (χ4v) is 3.91. The van der Waals surface area contributed by atoms with Gasteiger partial charge in [0.2, 0.25) is 0 Å². The third-order valence-electron chi connectivity index (χ3n) is 5.11. The van der Waals surface area contributed by atoms with Gasteiger partial charge in [-0.2, -0.15) is 13.2 Å². The van der Waals surface area contributed by atoms with E-state index in [0.29, 0.717) is 18.2 Å².